The van der Waals surface area contributed by atoms with Gasteiger partial charge in [0.1, 0.15) is 5.69 Å². The van der Waals surface area contributed by atoms with Gasteiger partial charge in [-0.2, -0.15) is 0 Å². The van der Waals surface area contributed by atoms with Crippen LogP contribution in [0, 0.1) is 6.92 Å². The van der Waals surface area contributed by atoms with Gasteiger partial charge in [-0.05, 0) is 36.8 Å². The summed E-state index contributed by atoms with van der Waals surface area (Å²) in [6.07, 6.45) is 0. The molecular weight excluding hydrogens is 328 g/mol. The first-order chi connectivity index (χ1) is 11.6. The molecular formula is C18H15ClN2O3. The van der Waals surface area contributed by atoms with Crippen molar-refractivity contribution in [2.75, 3.05) is 12.4 Å². The molecule has 1 aromatic heterocycles. The van der Waals surface area contributed by atoms with Crippen LogP contribution < -0.4 is 5.32 Å². The summed E-state index contributed by atoms with van der Waals surface area (Å²) >= 11 is 5.91. The molecule has 3 aromatic rings. The molecule has 122 valence electrons. The number of nitrogens with one attached hydrogen (secondary N) is 1. The maximum absolute atomic E-state index is 12.2. The topological polar surface area (TPSA) is 64.4 Å². The zero-order chi connectivity index (χ0) is 17.1. The SMILES string of the molecule is COC(=O)c1c(-c2ccc(Cl)cc2)noc1Nc1cccc(C)c1. The Morgan fingerprint density at radius 1 is 1.21 bits per heavy atom. The zero-order valence-electron chi connectivity index (χ0n) is 13.2. The minimum absolute atomic E-state index is 0.234. The van der Waals surface area contributed by atoms with Gasteiger partial charge < -0.3 is 14.6 Å². The summed E-state index contributed by atoms with van der Waals surface area (Å²) < 4.78 is 10.2. The summed E-state index contributed by atoms with van der Waals surface area (Å²) in [6, 6.07) is 14.7. The molecule has 0 aliphatic carbocycles. The first kappa shape index (κ1) is 16.1. The van der Waals surface area contributed by atoms with Gasteiger partial charge in [0.2, 0.25) is 5.88 Å². The van der Waals surface area contributed by atoms with Gasteiger partial charge in [0, 0.05) is 16.3 Å². The zero-order valence-corrected chi connectivity index (χ0v) is 13.9. The lowest BCUT2D eigenvalue weighted by atomic mass is 10.1. The minimum atomic E-state index is -0.531. The number of benzene rings is 2. The van der Waals surface area contributed by atoms with Crippen LogP contribution in [0.1, 0.15) is 15.9 Å². The monoisotopic (exact) mass is 342 g/mol. The second-order valence-corrected chi connectivity index (χ2v) is 5.66. The fraction of sp³-hybridized carbons (Fsp3) is 0.111. The van der Waals surface area contributed by atoms with E-state index in [-0.39, 0.29) is 11.4 Å². The van der Waals surface area contributed by atoms with E-state index in [0.29, 0.717) is 16.3 Å². The Balaban J connectivity index is 2.04. The Bertz CT molecular complexity index is 872. The van der Waals surface area contributed by atoms with Gasteiger partial charge in [0.05, 0.1) is 7.11 Å². The summed E-state index contributed by atoms with van der Waals surface area (Å²) in [5, 5.41) is 7.69. The molecule has 5 nitrogen and oxygen atoms in total. The Hall–Kier alpha value is -2.79. The first-order valence-electron chi connectivity index (χ1n) is 7.26. The molecule has 0 bridgehead atoms. The van der Waals surface area contributed by atoms with Gasteiger partial charge in [0.15, 0.2) is 5.56 Å². The highest BCUT2D eigenvalue weighted by Gasteiger charge is 2.25. The van der Waals surface area contributed by atoms with E-state index in [0.717, 1.165) is 11.3 Å². The van der Waals surface area contributed by atoms with E-state index >= 15 is 0 Å². The molecule has 0 amide bonds. The van der Waals surface area contributed by atoms with E-state index in [2.05, 4.69) is 10.5 Å². The van der Waals surface area contributed by atoms with Gasteiger partial charge in [-0.15, -0.1) is 0 Å². The molecule has 0 unspecified atom stereocenters. The molecule has 0 radical (unpaired) electrons. The Morgan fingerprint density at radius 3 is 2.62 bits per heavy atom. The lowest BCUT2D eigenvalue weighted by molar-refractivity contribution is 0.0602. The van der Waals surface area contributed by atoms with Crippen molar-refractivity contribution in [1.29, 1.82) is 0 Å². The number of rotatable bonds is 4. The molecule has 0 saturated heterocycles. The first-order valence-corrected chi connectivity index (χ1v) is 7.64. The fourth-order valence-electron chi connectivity index (χ4n) is 2.33. The van der Waals surface area contributed by atoms with Crippen molar-refractivity contribution < 1.29 is 14.1 Å². The minimum Gasteiger partial charge on any atom is -0.465 e. The predicted molar refractivity (Wildman–Crippen MR) is 92.8 cm³/mol. The van der Waals surface area contributed by atoms with Crippen molar-refractivity contribution in [3.63, 3.8) is 0 Å². The van der Waals surface area contributed by atoms with E-state index < -0.39 is 5.97 Å². The van der Waals surface area contributed by atoms with Crippen molar-refractivity contribution in [2.24, 2.45) is 0 Å². The Labute approximate surface area is 144 Å². The fourth-order valence-corrected chi connectivity index (χ4v) is 2.45. The van der Waals surface area contributed by atoms with Crippen molar-refractivity contribution in [2.45, 2.75) is 6.92 Å². The van der Waals surface area contributed by atoms with E-state index in [4.69, 9.17) is 20.9 Å². The average Bonchev–Trinajstić information content (AvgIpc) is 2.98. The largest absolute Gasteiger partial charge is 0.465 e. The van der Waals surface area contributed by atoms with Crippen LogP contribution in [-0.4, -0.2) is 18.2 Å². The summed E-state index contributed by atoms with van der Waals surface area (Å²) in [5.74, 6) is -0.297. The number of anilines is 2. The highest BCUT2D eigenvalue weighted by Crippen LogP contribution is 2.32. The van der Waals surface area contributed by atoms with Gasteiger partial charge in [0.25, 0.3) is 0 Å². The molecule has 0 fully saturated rings. The second kappa shape index (κ2) is 6.76. The van der Waals surface area contributed by atoms with E-state index in [1.165, 1.54) is 7.11 Å². The Morgan fingerprint density at radius 2 is 1.96 bits per heavy atom. The lowest BCUT2D eigenvalue weighted by Gasteiger charge is -2.06. The maximum atomic E-state index is 12.2. The third-order valence-electron chi connectivity index (χ3n) is 3.48. The van der Waals surface area contributed by atoms with Crippen LogP contribution in [-0.2, 0) is 4.74 Å². The van der Waals surface area contributed by atoms with Crippen molar-refractivity contribution in [1.82, 2.24) is 5.16 Å². The van der Waals surface area contributed by atoms with Gasteiger partial charge in [-0.1, -0.05) is 41.0 Å². The number of nitrogens with zero attached hydrogens (tertiary/aromatic N) is 1. The molecule has 3 rings (SSSR count). The van der Waals surface area contributed by atoms with Crippen LogP contribution in [0.3, 0.4) is 0 Å². The highest BCUT2D eigenvalue weighted by atomic mass is 35.5. The number of ether oxygens (including phenoxy) is 1. The van der Waals surface area contributed by atoms with Crippen LogP contribution >= 0.6 is 11.6 Å². The number of carbonyl (C=O) groups excluding carboxylic acids is 1. The quantitative estimate of drug-likeness (QED) is 0.688. The number of halogens is 1. The standard InChI is InChI=1S/C18H15ClN2O3/c1-11-4-3-5-14(10-11)20-17-15(18(22)23-2)16(21-24-17)12-6-8-13(19)9-7-12/h3-10,20H,1-2H3. The van der Waals surface area contributed by atoms with E-state index in [1.54, 1.807) is 24.3 Å². The normalized spacial score (nSPS) is 10.5. The van der Waals surface area contributed by atoms with Crippen molar-refractivity contribution >= 4 is 29.1 Å². The second-order valence-electron chi connectivity index (χ2n) is 5.23. The summed E-state index contributed by atoms with van der Waals surface area (Å²) in [4.78, 5) is 12.2. The summed E-state index contributed by atoms with van der Waals surface area (Å²) in [5.41, 5.74) is 3.21. The summed E-state index contributed by atoms with van der Waals surface area (Å²) in [6.45, 7) is 1.98. The molecule has 0 aliphatic rings. The van der Waals surface area contributed by atoms with E-state index in [1.807, 2.05) is 31.2 Å². The van der Waals surface area contributed by atoms with Gasteiger partial charge in [-0.3, -0.25) is 0 Å². The number of hydrogen-bond donors (Lipinski definition) is 1. The third kappa shape index (κ3) is 3.26. The Kier molecular flexibility index (Phi) is 4.53. The molecule has 1 N–H and O–H groups in total. The average molecular weight is 343 g/mol. The molecule has 6 heteroatoms. The number of aryl methyl sites for hydroxylation is 1. The maximum Gasteiger partial charge on any atom is 0.345 e. The molecule has 24 heavy (non-hydrogen) atoms. The van der Waals surface area contributed by atoms with Crippen LogP contribution in [0.5, 0.6) is 0 Å². The van der Waals surface area contributed by atoms with Crippen LogP contribution in [0.15, 0.2) is 53.1 Å². The molecule has 0 saturated carbocycles. The highest BCUT2D eigenvalue weighted by molar-refractivity contribution is 6.30. The summed E-state index contributed by atoms with van der Waals surface area (Å²) in [7, 11) is 1.32. The van der Waals surface area contributed by atoms with Crippen LogP contribution in [0.25, 0.3) is 11.3 Å². The van der Waals surface area contributed by atoms with Gasteiger partial charge in [-0.25, -0.2) is 4.79 Å². The predicted octanol–water partition coefficient (Wildman–Crippen LogP) is 4.83. The number of hydrogen-bond acceptors (Lipinski definition) is 5. The van der Waals surface area contributed by atoms with Crippen LogP contribution in [0.4, 0.5) is 11.6 Å². The molecule has 1 heterocycles. The molecule has 0 spiro atoms. The van der Waals surface area contributed by atoms with Crippen molar-refractivity contribution in [3.8, 4) is 11.3 Å². The van der Waals surface area contributed by atoms with Crippen LogP contribution in [0.2, 0.25) is 5.02 Å². The van der Waals surface area contributed by atoms with E-state index in [9.17, 15) is 4.79 Å². The number of methoxy groups -OCH3 is 1. The molecule has 0 aliphatic heterocycles. The third-order valence-corrected chi connectivity index (χ3v) is 3.73. The van der Waals surface area contributed by atoms with Crippen molar-refractivity contribution in [3.05, 3.63) is 64.7 Å². The van der Waals surface area contributed by atoms with Gasteiger partial charge >= 0.3 is 5.97 Å². The number of aromatic nitrogens is 1. The lowest BCUT2D eigenvalue weighted by Crippen LogP contribution is -2.05. The smallest absolute Gasteiger partial charge is 0.345 e. The number of carbonyl (C=O) groups is 1. The molecule has 0 atom stereocenters. The number of esters is 1. The molecule has 2 aromatic carbocycles.